The van der Waals surface area contributed by atoms with Gasteiger partial charge in [-0.2, -0.15) is 0 Å². The first-order valence-electron chi connectivity index (χ1n) is 8.74. The molecule has 0 aromatic heterocycles. The molecule has 27 heavy (non-hydrogen) atoms. The fraction of sp³-hybridized carbons (Fsp3) is 0.286. The summed E-state index contributed by atoms with van der Waals surface area (Å²) < 4.78 is 5.23. The van der Waals surface area contributed by atoms with Crippen LogP contribution in [-0.4, -0.2) is 21.6 Å². The molecule has 4 nitrogen and oxygen atoms in total. The van der Waals surface area contributed by atoms with E-state index in [-0.39, 0.29) is 29.2 Å². The molecule has 2 aromatic rings. The Morgan fingerprint density at radius 3 is 2.19 bits per heavy atom. The van der Waals surface area contributed by atoms with Gasteiger partial charge in [-0.25, -0.2) is 0 Å². The maximum atomic E-state index is 12.3. The van der Waals surface area contributed by atoms with Gasteiger partial charge in [-0.05, 0) is 36.6 Å². The molecule has 0 spiro atoms. The van der Waals surface area contributed by atoms with E-state index < -0.39 is 5.24 Å². The smallest absolute Gasteiger partial charge is 0.311 e. The molecule has 6 heteroatoms. The quantitative estimate of drug-likeness (QED) is 0.234. The Hall–Kier alpha value is -2.11. The van der Waals surface area contributed by atoms with Crippen molar-refractivity contribution in [1.29, 1.82) is 0 Å². The lowest BCUT2D eigenvalue weighted by atomic mass is 10.1. The second-order valence-corrected chi connectivity index (χ2v) is 7.68. The maximum Gasteiger partial charge on any atom is 0.311 e. The number of ether oxygens (including phenoxy) is 1. The third-order valence-corrected chi connectivity index (χ3v) is 5.14. The van der Waals surface area contributed by atoms with Crippen LogP contribution in [0.2, 0.25) is 0 Å². The van der Waals surface area contributed by atoms with Gasteiger partial charge in [0.2, 0.25) is 10.4 Å². The first-order valence-corrected chi connectivity index (χ1v) is 10.0. The predicted molar refractivity (Wildman–Crippen MR) is 108 cm³/mol. The second kappa shape index (κ2) is 11.6. The predicted octanol–water partition coefficient (Wildman–Crippen LogP) is 5.25. The molecule has 0 aliphatic heterocycles. The molecular weight excluding hydrogens is 384 g/mol. The van der Waals surface area contributed by atoms with Crippen LogP contribution in [0.3, 0.4) is 0 Å². The van der Waals surface area contributed by atoms with Gasteiger partial charge in [0.25, 0.3) is 0 Å². The Balaban J connectivity index is 1.76. The summed E-state index contributed by atoms with van der Waals surface area (Å²) in [5, 5.41) is -0.744. The molecule has 0 bridgehead atoms. The second-order valence-electron chi connectivity index (χ2n) is 5.99. The van der Waals surface area contributed by atoms with Crippen LogP contribution in [0.4, 0.5) is 0 Å². The zero-order valence-electron chi connectivity index (χ0n) is 14.8. The number of carbonyl (C=O) groups excluding carboxylic acids is 3. The Kier molecular flexibility index (Phi) is 9.08. The van der Waals surface area contributed by atoms with Crippen molar-refractivity contribution < 1.29 is 19.1 Å². The summed E-state index contributed by atoms with van der Waals surface area (Å²) in [7, 11) is 0. The first kappa shape index (κ1) is 21.2. The molecule has 0 aliphatic carbocycles. The van der Waals surface area contributed by atoms with Gasteiger partial charge >= 0.3 is 5.97 Å². The lowest BCUT2D eigenvalue weighted by Gasteiger charge is -2.13. The van der Waals surface area contributed by atoms with Crippen molar-refractivity contribution in [3.05, 3.63) is 66.2 Å². The number of benzene rings is 2. The number of para-hydroxylation sites is 1. The Morgan fingerprint density at radius 1 is 0.926 bits per heavy atom. The topological polar surface area (TPSA) is 60.4 Å². The standard InChI is InChI=1S/C21H21ClO4S/c22-19(23)15-18(27-21(25)16-9-3-1-4-10-16)13-7-8-14-20(24)26-17-11-5-2-6-12-17/h1-6,9-12,18H,7-8,13-15H2. The highest BCUT2D eigenvalue weighted by molar-refractivity contribution is 8.14. The summed E-state index contributed by atoms with van der Waals surface area (Å²) in [4.78, 5) is 35.4. The van der Waals surface area contributed by atoms with Gasteiger partial charge in [0, 0.05) is 23.7 Å². The van der Waals surface area contributed by atoms with E-state index in [1.54, 1.807) is 48.5 Å². The van der Waals surface area contributed by atoms with Crippen LogP contribution < -0.4 is 4.74 Å². The minimum atomic E-state index is -0.461. The zero-order valence-corrected chi connectivity index (χ0v) is 16.4. The number of rotatable bonds is 10. The van der Waals surface area contributed by atoms with E-state index in [1.807, 2.05) is 12.1 Å². The lowest BCUT2D eigenvalue weighted by molar-refractivity contribution is -0.134. The van der Waals surface area contributed by atoms with Crippen LogP contribution in [0.15, 0.2) is 60.7 Å². The molecular formula is C21H21ClO4S. The fourth-order valence-corrected chi connectivity index (χ4v) is 3.86. The zero-order chi connectivity index (χ0) is 19.5. The monoisotopic (exact) mass is 404 g/mol. The number of unbranched alkanes of at least 4 members (excludes halogenated alkanes) is 1. The van der Waals surface area contributed by atoms with Gasteiger partial charge in [-0.15, -0.1) is 0 Å². The van der Waals surface area contributed by atoms with Crippen molar-refractivity contribution in [3.63, 3.8) is 0 Å². The highest BCUT2D eigenvalue weighted by atomic mass is 35.5. The fourth-order valence-electron chi connectivity index (χ4n) is 2.49. The molecule has 0 saturated carbocycles. The highest BCUT2D eigenvalue weighted by Crippen LogP contribution is 2.26. The van der Waals surface area contributed by atoms with E-state index in [2.05, 4.69) is 0 Å². The van der Waals surface area contributed by atoms with E-state index >= 15 is 0 Å². The molecule has 2 rings (SSSR count). The van der Waals surface area contributed by atoms with E-state index in [4.69, 9.17) is 16.3 Å². The highest BCUT2D eigenvalue weighted by Gasteiger charge is 2.18. The molecule has 0 amide bonds. The Morgan fingerprint density at radius 2 is 1.56 bits per heavy atom. The van der Waals surface area contributed by atoms with Crippen molar-refractivity contribution in [2.45, 2.75) is 37.4 Å². The molecule has 0 saturated heterocycles. The van der Waals surface area contributed by atoms with Crippen molar-refractivity contribution in [1.82, 2.24) is 0 Å². The molecule has 142 valence electrons. The summed E-state index contributed by atoms with van der Waals surface area (Å²) in [6.45, 7) is 0. The van der Waals surface area contributed by atoms with Crippen molar-refractivity contribution in [2.75, 3.05) is 0 Å². The molecule has 0 radical (unpaired) electrons. The molecule has 1 atom stereocenters. The summed E-state index contributed by atoms with van der Waals surface area (Å²) >= 11 is 6.65. The van der Waals surface area contributed by atoms with Crippen LogP contribution in [-0.2, 0) is 9.59 Å². The molecule has 0 N–H and O–H groups in total. The summed E-state index contributed by atoms with van der Waals surface area (Å²) in [5.41, 5.74) is 0.598. The SMILES string of the molecule is O=C(Cl)CC(CCCCC(=O)Oc1ccccc1)SC(=O)c1ccccc1. The number of hydrogen-bond donors (Lipinski definition) is 0. The Bertz CT molecular complexity index is 749. The summed E-state index contributed by atoms with van der Waals surface area (Å²) in [6.07, 6.45) is 2.36. The minimum Gasteiger partial charge on any atom is -0.427 e. The van der Waals surface area contributed by atoms with Gasteiger partial charge in [-0.1, -0.05) is 66.7 Å². The van der Waals surface area contributed by atoms with Gasteiger partial charge in [0.05, 0.1) is 0 Å². The van der Waals surface area contributed by atoms with Crippen LogP contribution in [0.1, 0.15) is 42.5 Å². The first-order chi connectivity index (χ1) is 13.0. The third-order valence-electron chi connectivity index (χ3n) is 3.80. The maximum absolute atomic E-state index is 12.3. The number of carbonyl (C=O) groups is 3. The largest absolute Gasteiger partial charge is 0.427 e. The third kappa shape index (κ3) is 8.41. The van der Waals surface area contributed by atoms with Crippen LogP contribution in [0.5, 0.6) is 5.75 Å². The summed E-state index contributed by atoms with van der Waals surface area (Å²) in [5.74, 6) is 0.233. The van der Waals surface area contributed by atoms with Gasteiger partial charge in [-0.3, -0.25) is 14.4 Å². The average Bonchev–Trinajstić information content (AvgIpc) is 2.66. The molecule has 1 unspecified atom stereocenters. The van der Waals surface area contributed by atoms with Crippen LogP contribution in [0, 0.1) is 0 Å². The van der Waals surface area contributed by atoms with Crippen molar-refractivity contribution in [3.8, 4) is 5.75 Å². The van der Waals surface area contributed by atoms with Crippen molar-refractivity contribution >= 4 is 39.7 Å². The van der Waals surface area contributed by atoms with E-state index in [0.717, 1.165) is 11.8 Å². The van der Waals surface area contributed by atoms with Gasteiger partial charge < -0.3 is 4.74 Å². The summed E-state index contributed by atoms with van der Waals surface area (Å²) in [6, 6.07) is 17.8. The van der Waals surface area contributed by atoms with E-state index in [9.17, 15) is 14.4 Å². The van der Waals surface area contributed by atoms with Gasteiger partial charge in [0.15, 0.2) is 0 Å². The normalized spacial score (nSPS) is 11.6. The minimum absolute atomic E-state index is 0.0815. The number of hydrogen-bond acceptors (Lipinski definition) is 5. The number of halogens is 1. The number of esters is 1. The molecule has 0 fully saturated rings. The van der Waals surface area contributed by atoms with Crippen LogP contribution in [0.25, 0.3) is 0 Å². The molecule has 0 heterocycles. The lowest BCUT2D eigenvalue weighted by Crippen LogP contribution is -2.12. The van der Waals surface area contributed by atoms with Crippen molar-refractivity contribution in [2.24, 2.45) is 0 Å². The average molecular weight is 405 g/mol. The number of thioether (sulfide) groups is 1. The van der Waals surface area contributed by atoms with E-state index in [0.29, 0.717) is 30.6 Å². The molecule has 0 aliphatic rings. The van der Waals surface area contributed by atoms with E-state index in [1.165, 1.54) is 0 Å². The van der Waals surface area contributed by atoms with Gasteiger partial charge in [0.1, 0.15) is 5.75 Å². The molecule has 2 aromatic carbocycles. The Labute approximate surface area is 168 Å². The van der Waals surface area contributed by atoms with Crippen LogP contribution >= 0.6 is 23.4 Å².